The summed E-state index contributed by atoms with van der Waals surface area (Å²) in [5.74, 6) is 1.38. The molecule has 0 radical (unpaired) electrons. The monoisotopic (exact) mass is 415 g/mol. The van der Waals surface area contributed by atoms with Gasteiger partial charge in [-0.25, -0.2) is 4.98 Å². The number of likely N-dealkylation sites (tertiary alicyclic amines) is 1. The van der Waals surface area contributed by atoms with Gasteiger partial charge in [-0.2, -0.15) is 0 Å². The van der Waals surface area contributed by atoms with Crippen molar-refractivity contribution in [3.05, 3.63) is 23.8 Å². The minimum Gasteiger partial charge on any atom is -0.483 e. The predicted molar refractivity (Wildman–Crippen MR) is 111 cm³/mol. The first-order valence-corrected chi connectivity index (χ1v) is 10.9. The first-order chi connectivity index (χ1) is 14.0. The van der Waals surface area contributed by atoms with Crippen LogP contribution in [0.15, 0.2) is 18.2 Å². The number of fused-ring (bicyclic) bond motifs is 2. The summed E-state index contributed by atoms with van der Waals surface area (Å²) in [6.07, 6.45) is 4.15. The van der Waals surface area contributed by atoms with Gasteiger partial charge in [0, 0.05) is 26.1 Å². The van der Waals surface area contributed by atoms with Gasteiger partial charge < -0.3 is 10.0 Å². The first kappa shape index (κ1) is 19.8. The third-order valence-corrected chi connectivity index (χ3v) is 7.32. The molecule has 2 aromatic rings. The van der Waals surface area contributed by atoms with Gasteiger partial charge in [-0.15, -0.1) is 0 Å². The minimum atomic E-state index is -0.250. The van der Waals surface area contributed by atoms with Crippen LogP contribution < -0.4 is 4.90 Å². The van der Waals surface area contributed by atoms with E-state index in [-0.39, 0.29) is 24.2 Å². The van der Waals surface area contributed by atoms with Gasteiger partial charge in [-0.1, -0.05) is 23.8 Å². The highest BCUT2D eigenvalue weighted by Crippen LogP contribution is 2.39. The lowest BCUT2D eigenvalue weighted by molar-refractivity contribution is -0.135. The quantitative estimate of drug-likeness (QED) is 0.762. The molecule has 2 aliphatic heterocycles. The lowest BCUT2D eigenvalue weighted by Crippen LogP contribution is -2.36. The molecule has 1 aliphatic carbocycles. The Kier molecular flexibility index (Phi) is 5.54. The summed E-state index contributed by atoms with van der Waals surface area (Å²) in [5, 5.41) is 7.61. The van der Waals surface area contributed by atoms with Crippen molar-refractivity contribution in [3.63, 3.8) is 0 Å². The summed E-state index contributed by atoms with van der Waals surface area (Å²) >= 11 is 1.54. The highest BCUT2D eigenvalue weighted by molar-refractivity contribution is 7.22. The number of hydrogen-bond donors (Lipinski definition) is 1. The van der Waals surface area contributed by atoms with E-state index in [2.05, 4.69) is 18.0 Å². The number of aromatic nitrogens is 1. The van der Waals surface area contributed by atoms with Crippen molar-refractivity contribution in [1.29, 1.82) is 0 Å². The lowest BCUT2D eigenvalue weighted by Gasteiger charge is -2.21. The van der Waals surface area contributed by atoms with Crippen LogP contribution in [0.1, 0.15) is 31.2 Å². The summed E-state index contributed by atoms with van der Waals surface area (Å²) < 4.78 is 1.09. The van der Waals surface area contributed by atoms with E-state index in [1.807, 2.05) is 17.0 Å². The van der Waals surface area contributed by atoms with Crippen LogP contribution in [-0.4, -0.2) is 52.9 Å². The van der Waals surface area contributed by atoms with Crippen LogP contribution >= 0.6 is 11.3 Å². The molecule has 3 heterocycles. The summed E-state index contributed by atoms with van der Waals surface area (Å²) in [5.41, 5.74) is 2.11. The van der Waals surface area contributed by atoms with E-state index in [4.69, 9.17) is 9.90 Å². The van der Waals surface area contributed by atoms with Gasteiger partial charge in [0.25, 0.3) is 6.47 Å². The van der Waals surface area contributed by atoms with Crippen LogP contribution in [-0.2, 0) is 14.4 Å². The molecule has 2 saturated heterocycles. The molecule has 0 bridgehead atoms. The molecule has 1 N–H and O–H groups in total. The number of aryl methyl sites for hydroxylation is 1. The molecule has 3 fully saturated rings. The number of benzene rings is 1. The fourth-order valence-corrected chi connectivity index (χ4v) is 5.96. The zero-order chi connectivity index (χ0) is 20.5. The molecular weight excluding hydrogens is 390 g/mol. The van der Waals surface area contributed by atoms with Crippen molar-refractivity contribution in [3.8, 4) is 0 Å². The molecule has 8 heteroatoms. The zero-order valence-corrected chi connectivity index (χ0v) is 17.2. The fraction of sp³-hybridized carbons (Fsp3) is 0.524. The number of rotatable bonds is 2. The number of hydrogen-bond acceptors (Lipinski definition) is 5. The van der Waals surface area contributed by atoms with Gasteiger partial charge in [0.1, 0.15) is 0 Å². The van der Waals surface area contributed by atoms with Crippen LogP contribution in [0.3, 0.4) is 0 Å². The Morgan fingerprint density at radius 3 is 2.62 bits per heavy atom. The average Bonchev–Trinajstić information content (AvgIpc) is 3.43. The molecule has 1 aromatic carbocycles. The number of carboxylic acid groups (broad SMARTS) is 1. The highest BCUT2D eigenvalue weighted by Gasteiger charge is 2.43. The third-order valence-electron chi connectivity index (χ3n) is 6.28. The summed E-state index contributed by atoms with van der Waals surface area (Å²) in [4.78, 5) is 42.2. The smallest absolute Gasteiger partial charge is 0.290 e. The molecule has 29 heavy (non-hydrogen) atoms. The molecule has 7 nitrogen and oxygen atoms in total. The summed E-state index contributed by atoms with van der Waals surface area (Å²) in [6, 6.07) is 6.13. The topological polar surface area (TPSA) is 90.8 Å². The molecule has 0 spiro atoms. The van der Waals surface area contributed by atoms with Crippen molar-refractivity contribution < 1.29 is 19.5 Å². The Hall–Kier alpha value is -2.48. The van der Waals surface area contributed by atoms with E-state index in [0.29, 0.717) is 24.8 Å². The Morgan fingerprint density at radius 1 is 1.24 bits per heavy atom. The number of anilines is 1. The van der Waals surface area contributed by atoms with E-state index in [1.165, 1.54) is 24.8 Å². The van der Waals surface area contributed by atoms with Crippen LogP contribution in [0.5, 0.6) is 0 Å². The lowest BCUT2D eigenvalue weighted by atomic mass is 10.0. The predicted octanol–water partition coefficient (Wildman–Crippen LogP) is 2.92. The van der Waals surface area contributed by atoms with Gasteiger partial charge in [0.15, 0.2) is 5.13 Å². The van der Waals surface area contributed by atoms with E-state index in [1.54, 1.807) is 16.2 Å². The van der Waals surface area contributed by atoms with Gasteiger partial charge in [-0.3, -0.25) is 19.3 Å². The molecule has 154 valence electrons. The SMILES string of the molecule is Cc1ccc2nc(N3CC(C(=O)N4C[C@H]5CCC[C@H]5C4)CC3=O)sc2c1.O=CO. The maximum atomic E-state index is 12.9. The summed E-state index contributed by atoms with van der Waals surface area (Å²) in [7, 11) is 0. The Balaban J connectivity index is 0.000000645. The van der Waals surface area contributed by atoms with E-state index < -0.39 is 0 Å². The third kappa shape index (κ3) is 3.85. The molecule has 2 amide bonds. The summed E-state index contributed by atoms with van der Waals surface area (Å²) in [6.45, 7) is 4.07. The molecule has 5 rings (SSSR count). The fourth-order valence-electron chi connectivity index (χ4n) is 4.87. The van der Waals surface area contributed by atoms with Crippen LogP contribution in [0.25, 0.3) is 10.2 Å². The average molecular weight is 416 g/mol. The number of carbonyl (C=O) groups is 3. The molecule has 1 unspecified atom stereocenters. The standard InChI is InChI=1S/C20H23N3O2S.CH2O2/c1-12-5-6-16-17(7-12)26-20(21-16)23-11-15(8-18(23)24)19(25)22-9-13-3-2-4-14(13)10-22;2-1-3/h5-7,13-15H,2-4,8-11H2,1H3;1H,(H,2,3)/t13-,14+,15?;. The van der Waals surface area contributed by atoms with Crippen molar-refractivity contribution in [2.45, 2.75) is 32.6 Å². The van der Waals surface area contributed by atoms with Crippen molar-refractivity contribution in [1.82, 2.24) is 9.88 Å². The van der Waals surface area contributed by atoms with Gasteiger partial charge in [0.05, 0.1) is 16.1 Å². The normalized spacial score (nSPS) is 25.8. The largest absolute Gasteiger partial charge is 0.483 e. The first-order valence-electron chi connectivity index (χ1n) is 10.0. The molecule has 3 atom stereocenters. The number of thiazole rings is 1. The number of carbonyl (C=O) groups excluding carboxylic acids is 2. The van der Waals surface area contributed by atoms with E-state index >= 15 is 0 Å². The molecular formula is C21H25N3O4S. The van der Waals surface area contributed by atoms with Crippen molar-refractivity contribution in [2.75, 3.05) is 24.5 Å². The molecule has 1 aromatic heterocycles. The van der Waals surface area contributed by atoms with Gasteiger partial charge in [-0.05, 0) is 49.3 Å². The van der Waals surface area contributed by atoms with E-state index in [0.717, 1.165) is 28.4 Å². The highest BCUT2D eigenvalue weighted by atomic mass is 32.1. The maximum absolute atomic E-state index is 12.9. The number of nitrogens with zero attached hydrogens (tertiary/aromatic N) is 3. The Bertz CT molecular complexity index is 931. The second kappa shape index (κ2) is 8.10. The second-order valence-corrected chi connectivity index (χ2v) is 9.18. The Labute approximate surface area is 173 Å². The van der Waals surface area contributed by atoms with Crippen LogP contribution in [0.4, 0.5) is 5.13 Å². The van der Waals surface area contributed by atoms with Crippen LogP contribution in [0, 0.1) is 24.7 Å². The van der Waals surface area contributed by atoms with Gasteiger partial charge >= 0.3 is 0 Å². The zero-order valence-electron chi connectivity index (χ0n) is 16.4. The molecule has 1 saturated carbocycles. The second-order valence-electron chi connectivity index (χ2n) is 8.17. The Morgan fingerprint density at radius 2 is 1.93 bits per heavy atom. The van der Waals surface area contributed by atoms with Crippen molar-refractivity contribution in [2.24, 2.45) is 17.8 Å². The van der Waals surface area contributed by atoms with E-state index in [9.17, 15) is 9.59 Å². The minimum absolute atomic E-state index is 0.0264. The van der Waals surface area contributed by atoms with Gasteiger partial charge in [0.2, 0.25) is 11.8 Å². The maximum Gasteiger partial charge on any atom is 0.290 e. The van der Waals surface area contributed by atoms with Crippen molar-refractivity contribution >= 4 is 45.0 Å². The number of amides is 2. The molecule has 3 aliphatic rings. The van der Waals surface area contributed by atoms with Crippen LogP contribution in [0.2, 0.25) is 0 Å².